The smallest absolute Gasteiger partial charge is 0.213 e. The fourth-order valence-corrected chi connectivity index (χ4v) is 3.87. The van der Waals surface area contributed by atoms with E-state index in [-0.39, 0.29) is 17.4 Å². The maximum Gasteiger partial charge on any atom is 0.213 e. The van der Waals surface area contributed by atoms with Crippen molar-refractivity contribution in [1.82, 2.24) is 0 Å². The normalized spacial score (nSPS) is 15.7. The number of halogens is 1. The molecule has 0 aromatic heterocycles. The molecule has 1 N–H and O–H groups in total. The maximum atomic E-state index is 8.49. The lowest BCUT2D eigenvalue weighted by molar-refractivity contribution is 0.105. The van der Waals surface area contributed by atoms with E-state index >= 15 is 0 Å². The van der Waals surface area contributed by atoms with Gasteiger partial charge in [0, 0.05) is 16.0 Å². The molecule has 1 fully saturated rings. The van der Waals surface area contributed by atoms with Gasteiger partial charge in [-0.25, -0.2) is 0 Å². The van der Waals surface area contributed by atoms with Gasteiger partial charge in [0.1, 0.15) is 6.10 Å². The van der Waals surface area contributed by atoms with E-state index in [0.29, 0.717) is 0 Å². The summed E-state index contributed by atoms with van der Waals surface area (Å²) < 4.78 is 6.30. The van der Waals surface area contributed by atoms with Gasteiger partial charge >= 0.3 is 0 Å². The van der Waals surface area contributed by atoms with Gasteiger partial charge in [0.2, 0.25) is 5.90 Å². The lowest BCUT2D eigenvalue weighted by atomic mass is 9.86. The Morgan fingerprint density at radius 1 is 0.889 bits per heavy atom. The van der Waals surface area contributed by atoms with Crippen molar-refractivity contribution in [2.24, 2.45) is 5.41 Å². The van der Waals surface area contributed by atoms with Gasteiger partial charge in [-0.2, -0.15) is 0 Å². The third kappa shape index (κ3) is 3.91. The van der Waals surface area contributed by atoms with Crippen molar-refractivity contribution >= 4 is 17.5 Å². The second-order valence-electron chi connectivity index (χ2n) is 7.23. The van der Waals surface area contributed by atoms with Gasteiger partial charge in [-0.1, -0.05) is 78.3 Å². The van der Waals surface area contributed by atoms with E-state index < -0.39 is 0 Å². The highest BCUT2D eigenvalue weighted by atomic mass is 35.5. The average molecular weight is 376 g/mol. The van der Waals surface area contributed by atoms with Crippen molar-refractivity contribution in [3.63, 3.8) is 0 Å². The van der Waals surface area contributed by atoms with Crippen LogP contribution in [-0.2, 0) is 11.2 Å². The highest BCUT2D eigenvalue weighted by molar-refractivity contribution is 6.31. The Morgan fingerprint density at radius 2 is 1.48 bits per heavy atom. The zero-order valence-corrected chi connectivity index (χ0v) is 15.8. The summed E-state index contributed by atoms with van der Waals surface area (Å²) in [7, 11) is 0. The number of rotatable bonds is 6. The van der Waals surface area contributed by atoms with Gasteiger partial charge in [0.05, 0.1) is 0 Å². The SMILES string of the molecule is N=C(O[C@@H](c1ccccc1)C1(Cc2ccccc2Cl)CC1)c1ccccc1. The molecular formula is C24H22ClNO. The molecule has 1 saturated carbocycles. The largest absolute Gasteiger partial charge is 0.469 e. The monoisotopic (exact) mass is 375 g/mol. The number of hydrogen-bond acceptors (Lipinski definition) is 2. The zero-order chi connectivity index (χ0) is 18.7. The number of benzene rings is 3. The molecule has 0 aliphatic heterocycles. The summed E-state index contributed by atoms with van der Waals surface area (Å²) in [6.45, 7) is 0. The highest BCUT2D eigenvalue weighted by Gasteiger charge is 2.52. The van der Waals surface area contributed by atoms with Crippen LogP contribution in [0.5, 0.6) is 0 Å². The van der Waals surface area contributed by atoms with E-state index in [1.165, 1.54) is 0 Å². The van der Waals surface area contributed by atoms with Crippen molar-refractivity contribution in [3.05, 3.63) is 107 Å². The van der Waals surface area contributed by atoms with E-state index in [9.17, 15) is 0 Å². The lowest BCUT2D eigenvalue weighted by Gasteiger charge is -2.29. The molecule has 0 unspecified atom stereocenters. The molecule has 0 radical (unpaired) electrons. The third-order valence-electron chi connectivity index (χ3n) is 5.32. The Kier molecular flexibility index (Phi) is 5.00. The van der Waals surface area contributed by atoms with E-state index in [2.05, 4.69) is 18.2 Å². The topological polar surface area (TPSA) is 33.1 Å². The number of hydrogen-bond donors (Lipinski definition) is 1. The van der Waals surface area contributed by atoms with Crippen molar-refractivity contribution < 1.29 is 4.74 Å². The first-order chi connectivity index (χ1) is 13.2. The predicted molar refractivity (Wildman–Crippen MR) is 110 cm³/mol. The summed E-state index contributed by atoms with van der Waals surface area (Å²) >= 11 is 6.43. The summed E-state index contributed by atoms with van der Waals surface area (Å²) in [4.78, 5) is 0. The fraction of sp³-hybridized carbons (Fsp3) is 0.208. The van der Waals surface area contributed by atoms with E-state index in [1.807, 2.05) is 66.7 Å². The zero-order valence-electron chi connectivity index (χ0n) is 15.1. The fourth-order valence-electron chi connectivity index (χ4n) is 3.66. The van der Waals surface area contributed by atoms with Gasteiger partial charge in [-0.3, -0.25) is 5.41 Å². The van der Waals surface area contributed by atoms with Gasteiger partial charge < -0.3 is 4.74 Å². The minimum absolute atomic E-state index is 0.0204. The van der Waals surface area contributed by atoms with E-state index in [0.717, 1.165) is 41.0 Å². The molecule has 0 bridgehead atoms. The van der Waals surface area contributed by atoms with Crippen LogP contribution in [0.2, 0.25) is 5.02 Å². The molecular weight excluding hydrogens is 354 g/mol. The third-order valence-corrected chi connectivity index (χ3v) is 5.69. The van der Waals surface area contributed by atoms with Gasteiger partial charge in [-0.05, 0) is 48.6 Å². The standard InChI is InChI=1S/C24H22ClNO/c25-21-14-8-7-13-20(21)17-24(15-16-24)22(18-9-3-1-4-10-18)27-23(26)19-11-5-2-6-12-19/h1-14,22,26H,15-17H2/t22-/m0/s1. The van der Waals surface area contributed by atoms with Crippen LogP contribution in [0.3, 0.4) is 0 Å². The first kappa shape index (κ1) is 17.8. The van der Waals surface area contributed by atoms with Crippen molar-refractivity contribution in [2.45, 2.75) is 25.4 Å². The summed E-state index contributed by atoms with van der Waals surface area (Å²) in [5.41, 5.74) is 3.04. The molecule has 1 atom stereocenters. The van der Waals surface area contributed by atoms with Crippen LogP contribution in [0.25, 0.3) is 0 Å². The van der Waals surface area contributed by atoms with Crippen LogP contribution in [-0.4, -0.2) is 5.90 Å². The molecule has 3 aromatic carbocycles. The van der Waals surface area contributed by atoms with Crippen LogP contribution in [0.1, 0.15) is 35.6 Å². The molecule has 1 aliphatic carbocycles. The van der Waals surface area contributed by atoms with Gasteiger partial charge in [0.15, 0.2) is 0 Å². The minimum Gasteiger partial charge on any atom is -0.469 e. The Morgan fingerprint density at radius 3 is 2.11 bits per heavy atom. The summed E-state index contributed by atoms with van der Waals surface area (Å²) in [6.07, 6.45) is 2.83. The van der Waals surface area contributed by atoms with Crippen LogP contribution in [0.4, 0.5) is 0 Å². The molecule has 27 heavy (non-hydrogen) atoms. The van der Waals surface area contributed by atoms with E-state index in [1.54, 1.807) is 0 Å². The average Bonchev–Trinajstić information content (AvgIpc) is 3.49. The Labute approximate surface area is 165 Å². The molecule has 1 aliphatic rings. The van der Waals surface area contributed by atoms with Crippen molar-refractivity contribution in [1.29, 1.82) is 5.41 Å². The molecule has 0 amide bonds. The second-order valence-corrected chi connectivity index (χ2v) is 7.64. The van der Waals surface area contributed by atoms with Gasteiger partial charge in [0.25, 0.3) is 0 Å². The lowest BCUT2D eigenvalue weighted by Crippen LogP contribution is -2.23. The molecule has 0 spiro atoms. The highest BCUT2D eigenvalue weighted by Crippen LogP contribution is 2.59. The summed E-state index contributed by atoms with van der Waals surface area (Å²) in [5, 5.41) is 9.29. The number of nitrogens with one attached hydrogen (secondary N) is 1. The maximum absolute atomic E-state index is 8.49. The van der Waals surface area contributed by atoms with Crippen LogP contribution in [0.15, 0.2) is 84.9 Å². The predicted octanol–water partition coefficient (Wildman–Crippen LogP) is 6.45. The van der Waals surface area contributed by atoms with Crippen LogP contribution in [0, 0.1) is 10.8 Å². The second kappa shape index (κ2) is 7.58. The molecule has 0 heterocycles. The Bertz CT molecular complexity index is 919. The first-order valence-electron chi connectivity index (χ1n) is 9.27. The van der Waals surface area contributed by atoms with Crippen molar-refractivity contribution in [3.8, 4) is 0 Å². The molecule has 2 nitrogen and oxygen atoms in total. The van der Waals surface area contributed by atoms with Crippen LogP contribution < -0.4 is 0 Å². The molecule has 136 valence electrons. The van der Waals surface area contributed by atoms with Crippen molar-refractivity contribution in [2.75, 3.05) is 0 Å². The molecule has 4 rings (SSSR count). The molecule has 3 aromatic rings. The summed E-state index contributed by atoms with van der Waals surface area (Å²) in [5.74, 6) is 0.217. The quantitative estimate of drug-likeness (QED) is 0.390. The van der Waals surface area contributed by atoms with Gasteiger partial charge in [-0.15, -0.1) is 0 Å². The Balaban J connectivity index is 1.64. The Hall–Kier alpha value is -2.58. The number of ether oxygens (including phenoxy) is 1. The van der Waals surface area contributed by atoms with Crippen LogP contribution >= 0.6 is 11.6 Å². The first-order valence-corrected chi connectivity index (χ1v) is 9.65. The minimum atomic E-state index is -0.164. The molecule has 3 heteroatoms. The molecule has 0 saturated heterocycles. The van der Waals surface area contributed by atoms with E-state index in [4.69, 9.17) is 21.7 Å². The summed E-state index contributed by atoms with van der Waals surface area (Å²) in [6, 6.07) is 27.9.